The van der Waals surface area contributed by atoms with Crippen LogP contribution < -0.4 is 20.1 Å². The summed E-state index contributed by atoms with van der Waals surface area (Å²) in [6, 6.07) is 5.95. The van der Waals surface area contributed by atoms with Gasteiger partial charge in [0, 0.05) is 43.5 Å². The molecular formula is C24H28ClF3N4O4. The quantitative estimate of drug-likeness (QED) is 0.521. The Morgan fingerprint density at radius 2 is 2.03 bits per heavy atom. The number of likely N-dealkylation sites (N-methyl/N-ethyl adjacent to an activating group) is 1. The van der Waals surface area contributed by atoms with E-state index in [1.54, 1.807) is 32.9 Å². The van der Waals surface area contributed by atoms with Gasteiger partial charge in [-0.3, -0.25) is 14.9 Å². The Morgan fingerprint density at radius 3 is 2.69 bits per heavy atom. The number of nitrogens with one attached hydrogen (secondary N) is 2. The van der Waals surface area contributed by atoms with Crippen molar-refractivity contribution in [1.29, 1.82) is 0 Å². The van der Waals surface area contributed by atoms with Crippen LogP contribution in [-0.2, 0) is 22.7 Å². The molecule has 2 aromatic rings. The number of halogens is 4. The first-order valence-electron chi connectivity index (χ1n) is 10.9. The van der Waals surface area contributed by atoms with Gasteiger partial charge in [0.15, 0.2) is 11.5 Å². The lowest BCUT2D eigenvalue weighted by molar-refractivity contribution is -0.275. The van der Waals surface area contributed by atoms with Crippen LogP contribution >= 0.6 is 12.4 Å². The molecule has 2 amide bonds. The first-order valence-corrected chi connectivity index (χ1v) is 10.9. The molecule has 0 spiro atoms. The standard InChI is InChI=1S/C24H27F3N4O4.ClH/c1-5-34-20-16(7-6-8-18(20)35-24(25,26)27)14-31(4)19(32)10-9-15-11-17-13-29-23(2,3)22(33)30-21(17)28-12-15;/h6-12,29H,5,13-14H2,1-4H3,(H,28,30,33);1H/b10-9+;. The Labute approximate surface area is 213 Å². The number of rotatable bonds is 7. The highest BCUT2D eigenvalue weighted by Gasteiger charge is 2.33. The summed E-state index contributed by atoms with van der Waals surface area (Å²) in [6.07, 6.45) is -0.416. The van der Waals surface area contributed by atoms with Gasteiger partial charge in [0.25, 0.3) is 0 Å². The lowest BCUT2D eigenvalue weighted by atomic mass is 10.1. The molecule has 0 saturated carbocycles. The van der Waals surface area contributed by atoms with E-state index < -0.39 is 17.7 Å². The lowest BCUT2D eigenvalue weighted by Gasteiger charge is -2.21. The number of fused-ring (bicyclic) bond motifs is 1. The first-order chi connectivity index (χ1) is 16.4. The lowest BCUT2D eigenvalue weighted by Crippen LogP contribution is -2.47. The maximum absolute atomic E-state index is 12.7. The summed E-state index contributed by atoms with van der Waals surface area (Å²) in [6.45, 7) is 5.72. The zero-order chi connectivity index (χ0) is 25.8. The molecule has 3 rings (SSSR count). The summed E-state index contributed by atoms with van der Waals surface area (Å²) in [5.41, 5.74) is 1.04. The Kier molecular flexibility index (Phi) is 9.33. The van der Waals surface area contributed by atoms with Gasteiger partial charge in [-0.2, -0.15) is 0 Å². The maximum Gasteiger partial charge on any atom is 0.573 e. The fourth-order valence-electron chi connectivity index (χ4n) is 3.35. The fourth-order valence-corrected chi connectivity index (χ4v) is 3.35. The molecule has 0 saturated heterocycles. The van der Waals surface area contributed by atoms with E-state index in [1.165, 1.54) is 30.3 Å². The van der Waals surface area contributed by atoms with Crippen LogP contribution in [-0.4, -0.2) is 47.3 Å². The highest BCUT2D eigenvalue weighted by molar-refractivity contribution is 5.98. The third kappa shape index (κ3) is 7.34. The van der Waals surface area contributed by atoms with Crippen LogP contribution in [0.3, 0.4) is 0 Å². The fraction of sp³-hybridized carbons (Fsp3) is 0.375. The highest BCUT2D eigenvalue weighted by atomic mass is 35.5. The average Bonchev–Trinajstić information content (AvgIpc) is 2.88. The van der Waals surface area contributed by atoms with Crippen LogP contribution in [0.4, 0.5) is 19.0 Å². The van der Waals surface area contributed by atoms with Crippen molar-refractivity contribution in [2.45, 2.75) is 45.8 Å². The van der Waals surface area contributed by atoms with Crippen molar-refractivity contribution in [3.63, 3.8) is 0 Å². The summed E-state index contributed by atoms with van der Waals surface area (Å²) in [5, 5.41) is 5.93. The minimum Gasteiger partial charge on any atom is -0.490 e. The number of alkyl halides is 3. The summed E-state index contributed by atoms with van der Waals surface area (Å²) >= 11 is 0. The van der Waals surface area contributed by atoms with E-state index in [2.05, 4.69) is 20.4 Å². The molecule has 0 radical (unpaired) electrons. The van der Waals surface area contributed by atoms with E-state index in [0.717, 1.165) is 11.6 Å². The van der Waals surface area contributed by atoms with Crippen molar-refractivity contribution in [2.24, 2.45) is 0 Å². The maximum atomic E-state index is 12.7. The molecule has 8 nitrogen and oxygen atoms in total. The number of nitrogens with zero attached hydrogens (tertiary/aromatic N) is 2. The number of anilines is 1. The van der Waals surface area contributed by atoms with E-state index >= 15 is 0 Å². The van der Waals surface area contributed by atoms with Gasteiger partial charge < -0.3 is 19.7 Å². The van der Waals surface area contributed by atoms with Gasteiger partial charge in [-0.05, 0) is 44.5 Å². The minimum absolute atomic E-state index is 0. The van der Waals surface area contributed by atoms with Crippen LogP contribution in [0, 0.1) is 0 Å². The first kappa shape index (κ1) is 28.9. The van der Waals surface area contributed by atoms with Crippen LogP contribution in [0.5, 0.6) is 11.5 Å². The number of ether oxygens (including phenoxy) is 2. The number of amides is 2. The zero-order valence-electron chi connectivity index (χ0n) is 20.2. The van der Waals surface area contributed by atoms with Gasteiger partial charge in [0.05, 0.1) is 12.1 Å². The predicted octanol–water partition coefficient (Wildman–Crippen LogP) is 4.29. The Balaban J connectivity index is 0.00000456. The number of benzene rings is 1. The van der Waals surface area contributed by atoms with Gasteiger partial charge in [-0.15, -0.1) is 25.6 Å². The molecule has 0 bridgehead atoms. The molecule has 1 aliphatic heterocycles. The van der Waals surface area contributed by atoms with Crippen LogP contribution in [0.2, 0.25) is 0 Å². The monoisotopic (exact) mass is 528 g/mol. The molecule has 12 heteroatoms. The molecule has 196 valence electrons. The number of hydrogen-bond acceptors (Lipinski definition) is 6. The molecule has 1 aliphatic rings. The van der Waals surface area contributed by atoms with Crippen LogP contribution in [0.1, 0.15) is 37.5 Å². The van der Waals surface area contributed by atoms with Crippen molar-refractivity contribution in [1.82, 2.24) is 15.2 Å². The molecule has 1 aromatic carbocycles. The molecular weight excluding hydrogens is 501 g/mol. The number of carbonyl (C=O) groups is 2. The largest absolute Gasteiger partial charge is 0.573 e. The number of carbonyl (C=O) groups excluding carboxylic acids is 2. The third-order valence-corrected chi connectivity index (χ3v) is 5.29. The summed E-state index contributed by atoms with van der Waals surface area (Å²) < 4.78 is 47.7. The minimum atomic E-state index is -4.87. The van der Waals surface area contributed by atoms with E-state index in [-0.39, 0.29) is 43.1 Å². The zero-order valence-corrected chi connectivity index (χ0v) is 21.0. The Morgan fingerprint density at radius 1 is 1.31 bits per heavy atom. The van der Waals surface area contributed by atoms with Gasteiger partial charge in [0.1, 0.15) is 5.82 Å². The number of aromatic nitrogens is 1. The molecule has 1 aromatic heterocycles. The van der Waals surface area contributed by atoms with E-state index in [0.29, 0.717) is 23.5 Å². The average molecular weight is 529 g/mol. The summed E-state index contributed by atoms with van der Waals surface area (Å²) in [7, 11) is 1.52. The SMILES string of the molecule is CCOc1c(CN(C)C(=O)/C=C/c2cnc3c(c2)CNC(C)(C)C(=O)N3)cccc1OC(F)(F)F.Cl. The molecule has 2 N–H and O–H groups in total. The second-order valence-electron chi connectivity index (χ2n) is 8.46. The van der Waals surface area contributed by atoms with E-state index in [9.17, 15) is 22.8 Å². The van der Waals surface area contributed by atoms with Crippen molar-refractivity contribution in [3.05, 3.63) is 53.2 Å². The molecule has 36 heavy (non-hydrogen) atoms. The topological polar surface area (TPSA) is 92.8 Å². The van der Waals surface area contributed by atoms with Gasteiger partial charge >= 0.3 is 6.36 Å². The van der Waals surface area contributed by atoms with Gasteiger partial charge in [-0.25, -0.2) is 4.98 Å². The molecule has 0 unspecified atom stereocenters. The third-order valence-electron chi connectivity index (χ3n) is 5.29. The Bertz CT molecular complexity index is 1140. The predicted molar refractivity (Wildman–Crippen MR) is 131 cm³/mol. The summed E-state index contributed by atoms with van der Waals surface area (Å²) in [5.74, 6) is -0.647. The molecule has 0 atom stereocenters. The normalized spacial score (nSPS) is 14.8. The molecule has 0 aliphatic carbocycles. The van der Waals surface area contributed by atoms with Crippen molar-refractivity contribution >= 4 is 36.1 Å². The van der Waals surface area contributed by atoms with Crippen LogP contribution in [0.15, 0.2) is 36.5 Å². The second kappa shape index (κ2) is 11.6. The smallest absolute Gasteiger partial charge is 0.490 e. The molecule has 0 fully saturated rings. The Hall–Kier alpha value is -3.31. The highest BCUT2D eigenvalue weighted by Crippen LogP contribution is 2.35. The second-order valence-corrected chi connectivity index (χ2v) is 8.46. The van der Waals surface area contributed by atoms with Crippen molar-refractivity contribution in [3.8, 4) is 11.5 Å². The number of hydrogen-bond donors (Lipinski definition) is 2. The van der Waals surface area contributed by atoms with Crippen LogP contribution in [0.25, 0.3) is 6.08 Å². The van der Waals surface area contributed by atoms with Crippen molar-refractivity contribution in [2.75, 3.05) is 19.0 Å². The number of pyridine rings is 1. The molecule has 2 heterocycles. The summed E-state index contributed by atoms with van der Waals surface area (Å²) in [4.78, 5) is 30.5. The van der Waals surface area contributed by atoms with Gasteiger partial charge in [0.2, 0.25) is 11.8 Å². The van der Waals surface area contributed by atoms with Gasteiger partial charge in [-0.1, -0.05) is 12.1 Å². The van der Waals surface area contributed by atoms with E-state index in [1.807, 2.05) is 6.07 Å². The number of para-hydroxylation sites is 1. The van der Waals surface area contributed by atoms with Crippen molar-refractivity contribution < 1.29 is 32.2 Å². The van der Waals surface area contributed by atoms with E-state index in [4.69, 9.17) is 4.74 Å².